The number of nitrogen functional groups attached to an aromatic ring is 1. The first-order valence-electron chi connectivity index (χ1n) is 10.0. The average Bonchev–Trinajstić information content (AvgIpc) is 3.11. The van der Waals surface area contributed by atoms with Gasteiger partial charge in [0.05, 0.1) is 19.9 Å². The minimum atomic E-state index is -0.304. The molecule has 0 spiro atoms. The Labute approximate surface area is 186 Å². The van der Waals surface area contributed by atoms with Crippen molar-refractivity contribution in [3.63, 3.8) is 0 Å². The zero-order chi connectivity index (χ0) is 22.7. The summed E-state index contributed by atoms with van der Waals surface area (Å²) in [5, 5.41) is 9.99. The summed E-state index contributed by atoms with van der Waals surface area (Å²) in [7, 11) is 3.22. The summed E-state index contributed by atoms with van der Waals surface area (Å²) in [5.74, 6) is 1.50. The van der Waals surface area contributed by atoms with Gasteiger partial charge in [0.15, 0.2) is 0 Å². The van der Waals surface area contributed by atoms with E-state index in [4.69, 9.17) is 15.2 Å². The molecule has 160 valence electrons. The van der Waals surface area contributed by atoms with Crippen LogP contribution in [0.3, 0.4) is 0 Å². The summed E-state index contributed by atoms with van der Waals surface area (Å²) in [4.78, 5) is 0. The molecule has 1 aromatic heterocycles. The summed E-state index contributed by atoms with van der Waals surface area (Å²) in [6, 6.07) is 23.6. The van der Waals surface area contributed by atoms with Crippen molar-refractivity contribution in [3.8, 4) is 40.0 Å². The van der Waals surface area contributed by atoms with Crippen molar-refractivity contribution in [3.05, 3.63) is 89.7 Å². The molecule has 1 heterocycles. The molecular formula is C26H22FN3O2. The van der Waals surface area contributed by atoms with E-state index in [9.17, 15) is 9.65 Å². The van der Waals surface area contributed by atoms with E-state index < -0.39 is 0 Å². The number of nitrogens with zero attached hydrogens (tertiary/aromatic N) is 2. The van der Waals surface area contributed by atoms with Gasteiger partial charge in [-0.1, -0.05) is 24.3 Å². The van der Waals surface area contributed by atoms with E-state index in [-0.39, 0.29) is 5.82 Å². The molecule has 4 aromatic rings. The Balaban J connectivity index is 1.96. The summed E-state index contributed by atoms with van der Waals surface area (Å²) < 4.78 is 25.9. The number of nitriles is 1. The highest BCUT2D eigenvalue weighted by atomic mass is 19.1. The highest BCUT2D eigenvalue weighted by Gasteiger charge is 2.24. The maximum Gasteiger partial charge on any atom is 0.123 e. The summed E-state index contributed by atoms with van der Waals surface area (Å²) >= 11 is 0. The van der Waals surface area contributed by atoms with Crippen LogP contribution in [0.15, 0.2) is 72.8 Å². The number of aromatic nitrogens is 1. The number of benzene rings is 3. The molecule has 3 aromatic carbocycles. The number of hydrogen-bond acceptors (Lipinski definition) is 4. The maximum absolute atomic E-state index is 13.4. The Morgan fingerprint density at radius 2 is 1.38 bits per heavy atom. The molecule has 5 nitrogen and oxygen atoms in total. The molecule has 0 aliphatic carbocycles. The van der Waals surface area contributed by atoms with Gasteiger partial charge in [-0.25, -0.2) is 4.39 Å². The highest BCUT2D eigenvalue weighted by Crippen LogP contribution is 2.41. The van der Waals surface area contributed by atoms with Crippen molar-refractivity contribution >= 4 is 5.82 Å². The second kappa shape index (κ2) is 8.86. The minimum Gasteiger partial charge on any atom is -0.497 e. The number of anilines is 1. The van der Waals surface area contributed by atoms with Gasteiger partial charge in [-0.3, -0.25) is 0 Å². The van der Waals surface area contributed by atoms with Crippen LogP contribution in [-0.4, -0.2) is 18.8 Å². The van der Waals surface area contributed by atoms with Gasteiger partial charge < -0.3 is 19.8 Å². The number of hydrogen-bond donors (Lipinski definition) is 1. The predicted molar refractivity (Wildman–Crippen MR) is 123 cm³/mol. The Morgan fingerprint density at radius 3 is 1.88 bits per heavy atom. The second-order valence-corrected chi connectivity index (χ2v) is 7.27. The van der Waals surface area contributed by atoms with Gasteiger partial charge in [-0.05, 0) is 65.2 Å². The van der Waals surface area contributed by atoms with Gasteiger partial charge >= 0.3 is 0 Å². The summed E-state index contributed by atoms with van der Waals surface area (Å²) in [5.41, 5.74) is 11.0. The molecule has 0 saturated heterocycles. The molecule has 0 aliphatic heterocycles. The van der Waals surface area contributed by atoms with Crippen LogP contribution in [0.5, 0.6) is 11.5 Å². The Morgan fingerprint density at radius 1 is 0.844 bits per heavy atom. The van der Waals surface area contributed by atoms with E-state index in [2.05, 4.69) is 6.07 Å². The first-order chi connectivity index (χ1) is 15.5. The van der Waals surface area contributed by atoms with Crippen LogP contribution in [0.25, 0.3) is 22.4 Å². The van der Waals surface area contributed by atoms with E-state index in [1.165, 1.54) is 12.1 Å². The zero-order valence-electron chi connectivity index (χ0n) is 17.8. The van der Waals surface area contributed by atoms with E-state index >= 15 is 0 Å². The van der Waals surface area contributed by atoms with Gasteiger partial charge in [0.1, 0.15) is 34.8 Å². The summed E-state index contributed by atoms with van der Waals surface area (Å²) in [6.07, 6.45) is 0. The third kappa shape index (κ3) is 3.88. The van der Waals surface area contributed by atoms with Crippen molar-refractivity contribution in [2.45, 2.75) is 6.54 Å². The predicted octanol–water partition coefficient (Wildman–Crippen LogP) is 5.48. The molecule has 2 N–H and O–H groups in total. The number of nitrogens with two attached hydrogens (primary N) is 1. The quantitative estimate of drug-likeness (QED) is 0.442. The molecule has 0 amide bonds. The molecule has 32 heavy (non-hydrogen) atoms. The smallest absolute Gasteiger partial charge is 0.123 e. The SMILES string of the molecule is COc1ccc(-c2c(C#N)c(N)n(Cc3ccc(F)cc3)c2-c2ccc(OC)cc2)cc1. The minimum absolute atomic E-state index is 0.304. The van der Waals surface area contributed by atoms with E-state index in [1.807, 2.05) is 53.1 Å². The highest BCUT2D eigenvalue weighted by molar-refractivity contribution is 5.91. The number of methoxy groups -OCH3 is 2. The first kappa shape index (κ1) is 21.0. The van der Waals surface area contributed by atoms with Gasteiger partial charge in [-0.15, -0.1) is 0 Å². The second-order valence-electron chi connectivity index (χ2n) is 7.27. The zero-order valence-corrected chi connectivity index (χ0v) is 17.8. The Bertz CT molecular complexity index is 1270. The van der Waals surface area contributed by atoms with Crippen molar-refractivity contribution < 1.29 is 13.9 Å². The molecule has 0 bridgehead atoms. The van der Waals surface area contributed by atoms with E-state index in [0.717, 1.165) is 39.4 Å². The third-order valence-electron chi connectivity index (χ3n) is 5.41. The molecule has 0 unspecified atom stereocenters. The lowest BCUT2D eigenvalue weighted by Gasteiger charge is -2.14. The fourth-order valence-electron chi connectivity index (χ4n) is 3.77. The maximum atomic E-state index is 13.4. The normalized spacial score (nSPS) is 10.6. The van der Waals surface area contributed by atoms with Crippen molar-refractivity contribution in [1.82, 2.24) is 4.57 Å². The largest absolute Gasteiger partial charge is 0.497 e. The molecule has 0 fully saturated rings. The fourth-order valence-corrected chi connectivity index (χ4v) is 3.77. The Kier molecular flexibility index (Phi) is 5.82. The molecule has 0 radical (unpaired) electrons. The van der Waals surface area contributed by atoms with Crippen molar-refractivity contribution in [2.24, 2.45) is 0 Å². The van der Waals surface area contributed by atoms with Crippen molar-refractivity contribution in [1.29, 1.82) is 5.26 Å². The van der Waals surface area contributed by atoms with Gasteiger partial charge in [0, 0.05) is 12.1 Å². The van der Waals surface area contributed by atoms with Gasteiger partial charge in [-0.2, -0.15) is 5.26 Å². The average molecular weight is 427 g/mol. The van der Waals surface area contributed by atoms with Crippen LogP contribution in [-0.2, 0) is 6.54 Å². The standard InChI is InChI=1S/C26H22FN3O2/c1-31-21-11-5-18(6-12-21)24-23(15-28)26(29)30(16-17-3-9-20(27)10-4-17)25(24)19-7-13-22(32-2)14-8-19/h3-14H,16,29H2,1-2H3. The third-order valence-corrected chi connectivity index (χ3v) is 5.41. The lowest BCUT2D eigenvalue weighted by Crippen LogP contribution is -2.06. The summed E-state index contributed by atoms with van der Waals surface area (Å²) in [6.45, 7) is 0.387. The molecule has 0 saturated carbocycles. The van der Waals surface area contributed by atoms with Crippen LogP contribution in [0.2, 0.25) is 0 Å². The van der Waals surface area contributed by atoms with Crippen molar-refractivity contribution in [2.75, 3.05) is 20.0 Å². The number of ether oxygens (including phenoxy) is 2. The van der Waals surface area contributed by atoms with E-state index in [0.29, 0.717) is 17.9 Å². The van der Waals surface area contributed by atoms with Crippen LogP contribution in [0.1, 0.15) is 11.1 Å². The molecule has 0 atom stereocenters. The monoisotopic (exact) mass is 427 g/mol. The molecule has 4 rings (SSSR count). The fraction of sp³-hybridized carbons (Fsp3) is 0.115. The number of halogens is 1. The Hall–Kier alpha value is -4.24. The van der Waals surface area contributed by atoms with E-state index in [1.54, 1.807) is 26.4 Å². The lowest BCUT2D eigenvalue weighted by atomic mass is 9.97. The topological polar surface area (TPSA) is 73.2 Å². The van der Waals surface area contributed by atoms with Crippen LogP contribution < -0.4 is 15.2 Å². The molecule has 0 aliphatic rings. The first-order valence-corrected chi connectivity index (χ1v) is 10.0. The lowest BCUT2D eigenvalue weighted by molar-refractivity contribution is 0.414. The van der Waals surface area contributed by atoms with Crippen LogP contribution in [0.4, 0.5) is 10.2 Å². The number of rotatable bonds is 6. The molecular weight excluding hydrogens is 405 g/mol. The van der Waals surface area contributed by atoms with Gasteiger partial charge in [0.2, 0.25) is 0 Å². The van der Waals surface area contributed by atoms with Crippen LogP contribution in [0, 0.1) is 17.1 Å². The molecule has 6 heteroatoms. The van der Waals surface area contributed by atoms with Crippen LogP contribution >= 0.6 is 0 Å². The van der Waals surface area contributed by atoms with Gasteiger partial charge in [0.25, 0.3) is 0 Å².